The Morgan fingerprint density at radius 1 is 1.12 bits per heavy atom. The summed E-state index contributed by atoms with van der Waals surface area (Å²) in [5.41, 5.74) is 0.126. The quantitative estimate of drug-likeness (QED) is 0.672. The molecule has 1 saturated carbocycles. The summed E-state index contributed by atoms with van der Waals surface area (Å²) in [5, 5.41) is 11.6. The Morgan fingerprint density at radius 3 is 2.69 bits per heavy atom. The number of amides is 1. The standard InChI is InChI=1S/C23H25N5O4/c29-19-18-23(31)26(16-12-32-13-16)10-11-28(18)21(25-22(19)30)17(14-4-1-2-5-14)27-9-7-15-6-3-8-24-20(15)27/h3,6-9,14,16-17,29H,1-2,4-5,10-13H2. The fourth-order valence-corrected chi connectivity index (χ4v) is 5.47. The molecule has 32 heavy (non-hydrogen) atoms. The summed E-state index contributed by atoms with van der Waals surface area (Å²) in [6.07, 6.45) is 8.04. The van der Waals surface area contributed by atoms with Gasteiger partial charge in [-0.2, -0.15) is 4.98 Å². The largest absolute Gasteiger partial charge is 0.501 e. The topological polar surface area (TPSA) is 102 Å². The molecule has 0 aromatic carbocycles. The predicted octanol–water partition coefficient (Wildman–Crippen LogP) is 1.93. The van der Waals surface area contributed by atoms with Crippen LogP contribution >= 0.6 is 0 Å². The number of ether oxygens (including phenoxy) is 1. The van der Waals surface area contributed by atoms with Crippen molar-refractivity contribution in [1.82, 2.24) is 24.0 Å². The van der Waals surface area contributed by atoms with Crippen molar-refractivity contribution >= 4 is 16.9 Å². The molecular weight excluding hydrogens is 410 g/mol. The zero-order valence-corrected chi connectivity index (χ0v) is 17.7. The van der Waals surface area contributed by atoms with Gasteiger partial charge in [-0.3, -0.25) is 9.59 Å². The van der Waals surface area contributed by atoms with Crippen molar-refractivity contribution in [3.8, 4) is 5.75 Å². The van der Waals surface area contributed by atoms with Crippen LogP contribution in [-0.4, -0.2) is 60.8 Å². The van der Waals surface area contributed by atoms with E-state index in [0.717, 1.165) is 36.7 Å². The van der Waals surface area contributed by atoms with Crippen molar-refractivity contribution in [3.05, 3.63) is 52.5 Å². The van der Waals surface area contributed by atoms with Gasteiger partial charge < -0.3 is 23.9 Å². The molecule has 3 aromatic heterocycles. The molecule has 9 nitrogen and oxygen atoms in total. The first-order chi connectivity index (χ1) is 15.6. The van der Waals surface area contributed by atoms with Crippen LogP contribution in [0.3, 0.4) is 0 Å². The number of fused-ring (bicyclic) bond motifs is 2. The first-order valence-electron chi connectivity index (χ1n) is 11.3. The molecule has 0 spiro atoms. The average molecular weight is 435 g/mol. The molecule has 1 unspecified atom stereocenters. The highest BCUT2D eigenvalue weighted by atomic mass is 16.5. The fraction of sp³-hybridized carbons (Fsp3) is 0.478. The molecule has 1 saturated heterocycles. The molecule has 9 heteroatoms. The molecule has 0 radical (unpaired) electrons. The molecule has 2 fully saturated rings. The van der Waals surface area contributed by atoms with Crippen molar-refractivity contribution in [2.75, 3.05) is 19.8 Å². The Morgan fingerprint density at radius 2 is 1.94 bits per heavy atom. The summed E-state index contributed by atoms with van der Waals surface area (Å²) in [7, 11) is 0. The van der Waals surface area contributed by atoms with Crippen LogP contribution in [0.25, 0.3) is 11.0 Å². The summed E-state index contributed by atoms with van der Waals surface area (Å²) in [6.45, 7) is 1.95. The van der Waals surface area contributed by atoms with E-state index in [1.165, 1.54) is 0 Å². The SMILES string of the molecule is O=C1c2c(O)c(=O)nc(C(C3CCCC3)n3ccc4cccnc43)n2CCN1C1COC1. The smallest absolute Gasteiger partial charge is 0.315 e. The van der Waals surface area contributed by atoms with E-state index in [9.17, 15) is 14.7 Å². The van der Waals surface area contributed by atoms with E-state index in [-0.39, 0.29) is 29.6 Å². The van der Waals surface area contributed by atoms with Crippen LogP contribution < -0.4 is 5.56 Å². The predicted molar refractivity (Wildman–Crippen MR) is 116 cm³/mol. The van der Waals surface area contributed by atoms with Gasteiger partial charge in [0.15, 0.2) is 5.69 Å². The molecular formula is C23H25N5O4. The zero-order chi connectivity index (χ0) is 21.8. The van der Waals surface area contributed by atoms with Crippen molar-refractivity contribution in [3.63, 3.8) is 0 Å². The first kappa shape index (κ1) is 19.5. The Hall–Kier alpha value is -3.20. The summed E-state index contributed by atoms with van der Waals surface area (Å²) in [4.78, 5) is 36.7. The third-order valence-electron chi connectivity index (χ3n) is 7.17. The molecule has 3 aromatic rings. The number of carbonyl (C=O) groups is 1. The maximum Gasteiger partial charge on any atom is 0.315 e. The Kier molecular flexibility index (Phi) is 4.53. The highest BCUT2D eigenvalue weighted by Crippen LogP contribution is 2.40. The zero-order valence-electron chi connectivity index (χ0n) is 17.7. The number of aromatic nitrogens is 4. The number of aromatic hydroxyl groups is 1. The van der Waals surface area contributed by atoms with Crippen molar-refractivity contribution in [1.29, 1.82) is 0 Å². The lowest BCUT2D eigenvalue weighted by Gasteiger charge is -2.41. The minimum absolute atomic E-state index is 0.00871. The Balaban J connectivity index is 1.54. The van der Waals surface area contributed by atoms with E-state index < -0.39 is 11.3 Å². The van der Waals surface area contributed by atoms with Crippen LogP contribution in [0.15, 0.2) is 35.4 Å². The molecule has 1 N–H and O–H groups in total. The van der Waals surface area contributed by atoms with E-state index in [4.69, 9.17) is 4.74 Å². The van der Waals surface area contributed by atoms with Gasteiger partial charge >= 0.3 is 5.56 Å². The van der Waals surface area contributed by atoms with Gasteiger partial charge in [0.2, 0.25) is 5.75 Å². The third kappa shape index (κ3) is 2.87. The number of hydrogen-bond donors (Lipinski definition) is 1. The summed E-state index contributed by atoms with van der Waals surface area (Å²) in [6, 6.07) is 5.69. The van der Waals surface area contributed by atoms with Crippen molar-refractivity contribution < 1.29 is 14.6 Å². The Labute approximate surface area is 184 Å². The molecule has 0 bridgehead atoms. The summed E-state index contributed by atoms with van der Waals surface area (Å²) >= 11 is 0. The van der Waals surface area contributed by atoms with Gasteiger partial charge in [0, 0.05) is 30.9 Å². The Bertz CT molecular complexity index is 1250. The monoisotopic (exact) mass is 435 g/mol. The number of rotatable bonds is 4. The second-order valence-electron chi connectivity index (χ2n) is 8.94. The first-order valence-corrected chi connectivity index (χ1v) is 11.3. The fourth-order valence-electron chi connectivity index (χ4n) is 5.47. The molecule has 1 atom stereocenters. The number of nitrogens with zero attached hydrogens (tertiary/aromatic N) is 5. The lowest BCUT2D eigenvalue weighted by atomic mass is 9.96. The van der Waals surface area contributed by atoms with Crippen LogP contribution in [0.1, 0.15) is 48.0 Å². The average Bonchev–Trinajstić information content (AvgIpc) is 3.43. The number of hydrogen-bond acceptors (Lipinski definition) is 6. The van der Waals surface area contributed by atoms with E-state index in [1.807, 2.05) is 24.4 Å². The highest BCUT2D eigenvalue weighted by Gasteiger charge is 2.40. The summed E-state index contributed by atoms with van der Waals surface area (Å²) in [5.74, 6) is -0.0858. The molecule has 166 valence electrons. The number of carbonyl (C=O) groups excluding carboxylic acids is 1. The lowest BCUT2D eigenvalue weighted by Crippen LogP contribution is -2.55. The molecule has 1 amide bonds. The van der Waals surface area contributed by atoms with Crippen molar-refractivity contribution in [2.24, 2.45) is 5.92 Å². The third-order valence-corrected chi connectivity index (χ3v) is 7.17. The maximum absolute atomic E-state index is 13.3. The number of pyridine rings is 1. The van der Waals surface area contributed by atoms with Gasteiger partial charge in [-0.25, -0.2) is 4.98 Å². The second kappa shape index (κ2) is 7.44. The minimum atomic E-state index is -0.751. The van der Waals surface area contributed by atoms with E-state index in [2.05, 4.69) is 14.5 Å². The van der Waals surface area contributed by atoms with Gasteiger partial charge in [-0.05, 0) is 37.0 Å². The van der Waals surface area contributed by atoms with Crippen LogP contribution in [0, 0.1) is 5.92 Å². The van der Waals surface area contributed by atoms with E-state index >= 15 is 0 Å². The van der Waals surface area contributed by atoms with Gasteiger partial charge in [-0.15, -0.1) is 0 Å². The van der Waals surface area contributed by atoms with E-state index in [1.54, 1.807) is 15.7 Å². The lowest BCUT2D eigenvalue weighted by molar-refractivity contribution is -0.0576. The van der Waals surface area contributed by atoms with Gasteiger partial charge in [0.05, 0.1) is 25.3 Å². The molecule has 6 rings (SSSR count). The normalized spacial score (nSPS) is 20.5. The van der Waals surface area contributed by atoms with Crippen LogP contribution in [0.5, 0.6) is 5.75 Å². The highest BCUT2D eigenvalue weighted by molar-refractivity contribution is 5.96. The molecule has 3 aliphatic rings. The van der Waals surface area contributed by atoms with Gasteiger partial charge in [0.25, 0.3) is 5.91 Å². The van der Waals surface area contributed by atoms with Crippen LogP contribution in [-0.2, 0) is 11.3 Å². The van der Waals surface area contributed by atoms with E-state index in [0.29, 0.717) is 32.1 Å². The molecule has 1 aliphatic carbocycles. The summed E-state index contributed by atoms with van der Waals surface area (Å²) < 4.78 is 9.11. The molecule has 2 aliphatic heterocycles. The van der Waals surface area contributed by atoms with Crippen LogP contribution in [0.2, 0.25) is 0 Å². The van der Waals surface area contributed by atoms with Gasteiger partial charge in [0.1, 0.15) is 11.5 Å². The minimum Gasteiger partial charge on any atom is -0.501 e. The van der Waals surface area contributed by atoms with Gasteiger partial charge in [-0.1, -0.05) is 12.8 Å². The second-order valence-corrected chi connectivity index (χ2v) is 8.94. The van der Waals surface area contributed by atoms with Crippen LogP contribution in [0.4, 0.5) is 0 Å². The molecule has 5 heterocycles. The maximum atomic E-state index is 13.3. The van der Waals surface area contributed by atoms with Crippen molar-refractivity contribution in [2.45, 2.75) is 44.3 Å².